The van der Waals surface area contributed by atoms with Crippen LogP contribution in [-0.4, -0.2) is 34.7 Å². The number of carbonyl (C=O) groups is 1. The van der Waals surface area contributed by atoms with Gasteiger partial charge in [-0.1, -0.05) is 0 Å². The van der Waals surface area contributed by atoms with Crippen LogP contribution in [0.25, 0.3) is 0 Å². The fraction of sp³-hybridized carbons (Fsp3) is 0.909. The molecule has 2 bridgehead atoms. The Balaban J connectivity index is 2.03. The number of amides is 1. The molecule has 0 unspecified atom stereocenters. The summed E-state index contributed by atoms with van der Waals surface area (Å²) >= 11 is 0. The molecular formula is C11H20N2O2. The third kappa shape index (κ3) is 1.95. The van der Waals surface area contributed by atoms with Gasteiger partial charge < -0.3 is 15.4 Å². The third-order valence-corrected chi connectivity index (χ3v) is 3.19. The van der Waals surface area contributed by atoms with Crippen molar-refractivity contribution < 1.29 is 9.53 Å². The molecular weight excluding hydrogens is 192 g/mol. The van der Waals surface area contributed by atoms with Crippen LogP contribution in [0.4, 0.5) is 4.79 Å². The van der Waals surface area contributed by atoms with Crippen LogP contribution in [0.5, 0.6) is 0 Å². The SMILES string of the molecule is CC(C)(C)OC(=O)N1[C@H]2CC[C@@H]1[C@@H](N)C2. The zero-order chi connectivity index (χ0) is 11.2. The maximum atomic E-state index is 11.9. The molecule has 15 heavy (non-hydrogen) atoms. The van der Waals surface area contributed by atoms with Gasteiger partial charge in [-0.3, -0.25) is 0 Å². The van der Waals surface area contributed by atoms with E-state index in [9.17, 15) is 4.79 Å². The summed E-state index contributed by atoms with van der Waals surface area (Å²) in [5.74, 6) is 0. The van der Waals surface area contributed by atoms with Crippen molar-refractivity contribution in [3.05, 3.63) is 0 Å². The fourth-order valence-electron chi connectivity index (χ4n) is 2.63. The molecule has 2 N–H and O–H groups in total. The minimum absolute atomic E-state index is 0.149. The summed E-state index contributed by atoms with van der Waals surface area (Å²) in [6.45, 7) is 5.68. The van der Waals surface area contributed by atoms with E-state index in [1.165, 1.54) is 0 Å². The second-order valence-electron chi connectivity index (χ2n) is 5.59. The normalized spacial score (nSPS) is 34.7. The van der Waals surface area contributed by atoms with Gasteiger partial charge >= 0.3 is 6.09 Å². The second kappa shape index (κ2) is 3.37. The number of carbonyl (C=O) groups excluding carboxylic acids is 1. The van der Waals surface area contributed by atoms with Crippen LogP contribution in [0.15, 0.2) is 0 Å². The zero-order valence-electron chi connectivity index (χ0n) is 9.69. The van der Waals surface area contributed by atoms with Crippen LogP contribution < -0.4 is 5.73 Å². The van der Waals surface area contributed by atoms with Gasteiger partial charge in [0.15, 0.2) is 0 Å². The van der Waals surface area contributed by atoms with Crippen molar-refractivity contribution in [2.75, 3.05) is 0 Å². The molecule has 2 aliphatic heterocycles. The average Bonchev–Trinajstić information content (AvgIpc) is 2.55. The lowest BCUT2D eigenvalue weighted by Crippen LogP contribution is -2.43. The molecule has 1 amide bonds. The highest BCUT2D eigenvalue weighted by Gasteiger charge is 2.48. The summed E-state index contributed by atoms with van der Waals surface area (Å²) in [7, 11) is 0. The van der Waals surface area contributed by atoms with Crippen LogP contribution in [0.2, 0.25) is 0 Å². The van der Waals surface area contributed by atoms with E-state index in [0.29, 0.717) is 6.04 Å². The quantitative estimate of drug-likeness (QED) is 0.661. The highest BCUT2D eigenvalue weighted by atomic mass is 16.6. The van der Waals surface area contributed by atoms with Gasteiger partial charge in [0, 0.05) is 12.1 Å². The third-order valence-electron chi connectivity index (χ3n) is 3.19. The molecule has 2 heterocycles. The zero-order valence-corrected chi connectivity index (χ0v) is 9.69. The topological polar surface area (TPSA) is 55.6 Å². The molecule has 3 atom stereocenters. The molecule has 2 rings (SSSR count). The monoisotopic (exact) mass is 212 g/mol. The molecule has 86 valence electrons. The van der Waals surface area contributed by atoms with Gasteiger partial charge in [-0.15, -0.1) is 0 Å². The van der Waals surface area contributed by atoms with Crippen molar-refractivity contribution in [3.63, 3.8) is 0 Å². The largest absolute Gasteiger partial charge is 0.444 e. The molecule has 2 saturated heterocycles. The van der Waals surface area contributed by atoms with E-state index in [0.717, 1.165) is 19.3 Å². The van der Waals surface area contributed by atoms with Crippen molar-refractivity contribution in [2.45, 2.75) is 63.8 Å². The van der Waals surface area contributed by atoms with Gasteiger partial charge in [-0.2, -0.15) is 0 Å². The lowest BCUT2D eigenvalue weighted by Gasteiger charge is -2.27. The molecule has 2 fully saturated rings. The number of hydrogen-bond donors (Lipinski definition) is 1. The number of hydrogen-bond acceptors (Lipinski definition) is 3. The van der Waals surface area contributed by atoms with E-state index >= 15 is 0 Å². The molecule has 0 aromatic heterocycles. The Labute approximate surface area is 90.8 Å². The average molecular weight is 212 g/mol. The Morgan fingerprint density at radius 3 is 2.47 bits per heavy atom. The molecule has 0 aromatic rings. The van der Waals surface area contributed by atoms with E-state index < -0.39 is 5.60 Å². The van der Waals surface area contributed by atoms with Crippen molar-refractivity contribution >= 4 is 6.09 Å². The molecule has 0 radical (unpaired) electrons. The molecule has 0 aromatic carbocycles. The Morgan fingerprint density at radius 2 is 2.07 bits per heavy atom. The van der Waals surface area contributed by atoms with Gasteiger partial charge in [-0.25, -0.2) is 4.79 Å². The van der Waals surface area contributed by atoms with E-state index in [1.807, 2.05) is 25.7 Å². The van der Waals surface area contributed by atoms with Crippen molar-refractivity contribution in [1.82, 2.24) is 4.90 Å². The predicted octanol–water partition coefficient (Wildman–Crippen LogP) is 1.49. The second-order valence-corrected chi connectivity index (χ2v) is 5.59. The Morgan fingerprint density at radius 1 is 1.40 bits per heavy atom. The molecule has 4 nitrogen and oxygen atoms in total. The van der Waals surface area contributed by atoms with Gasteiger partial charge in [0.05, 0.1) is 6.04 Å². The highest BCUT2D eigenvalue weighted by molar-refractivity contribution is 5.70. The van der Waals surface area contributed by atoms with Crippen LogP contribution in [0.3, 0.4) is 0 Å². The van der Waals surface area contributed by atoms with Gasteiger partial charge in [0.2, 0.25) is 0 Å². The summed E-state index contributed by atoms with van der Waals surface area (Å²) in [4.78, 5) is 13.8. The highest BCUT2D eigenvalue weighted by Crippen LogP contribution is 2.37. The molecule has 0 spiro atoms. The van der Waals surface area contributed by atoms with Crippen molar-refractivity contribution in [2.24, 2.45) is 5.73 Å². The lowest BCUT2D eigenvalue weighted by molar-refractivity contribution is 0.0213. The first-order chi connectivity index (χ1) is 6.88. The molecule has 0 saturated carbocycles. The Kier molecular flexibility index (Phi) is 2.41. The number of nitrogens with zero attached hydrogens (tertiary/aromatic N) is 1. The van der Waals surface area contributed by atoms with E-state index in [-0.39, 0.29) is 18.2 Å². The van der Waals surface area contributed by atoms with E-state index in [4.69, 9.17) is 10.5 Å². The molecule has 2 aliphatic rings. The first-order valence-electron chi connectivity index (χ1n) is 5.65. The first kappa shape index (κ1) is 10.7. The van der Waals surface area contributed by atoms with Gasteiger partial charge in [0.25, 0.3) is 0 Å². The number of nitrogens with two attached hydrogens (primary N) is 1. The van der Waals surface area contributed by atoms with Gasteiger partial charge in [-0.05, 0) is 40.0 Å². The summed E-state index contributed by atoms with van der Waals surface area (Å²) in [5, 5.41) is 0. The van der Waals surface area contributed by atoms with Gasteiger partial charge in [0.1, 0.15) is 5.60 Å². The maximum Gasteiger partial charge on any atom is 0.410 e. The fourth-order valence-corrected chi connectivity index (χ4v) is 2.63. The molecule has 0 aliphatic carbocycles. The number of rotatable bonds is 0. The van der Waals surface area contributed by atoms with E-state index in [1.54, 1.807) is 0 Å². The van der Waals surface area contributed by atoms with Crippen molar-refractivity contribution in [3.8, 4) is 0 Å². The van der Waals surface area contributed by atoms with Crippen LogP contribution in [0.1, 0.15) is 40.0 Å². The Hall–Kier alpha value is -0.770. The van der Waals surface area contributed by atoms with Crippen molar-refractivity contribution in [1.29, 1.82) is 0 Å². The Bertz CT molecular complexity index is 272. The number of ether oxygens (including phenoxy) is 1. The summed E-state index contributed by atoms with van der Waals surface area (Å²) in [5.41, 5.74) is 5.55. The molecule has 4 heteroatoms. The number of fused-ring (bicyclic) bond motifs is 2. The summed E-state index contributed by atoms with van der Waals surface area (Å²) in [6.07, 6.45) is 2.86. The smallest absolute Gasteiger partial charge is 0.410 e. The van der Waals surface area contributed by atoms with E-state index in [2.05, 4.69) is 0 Å². The minimum Gasteiger partial charge on any atom is -0.444 e. The van der Waals surface area contributed by atoms with Crippen LogP contribution in [-0.2, 0) is 4.74 Å². The summed E-state index contributed by atoms with van der Waals surface area (Å²) < 4.78 is 5.38. The minimum atomic E-state index is -0.413. The maximum absolute atomic E-state index is 11.9. The standard InChI is InChI=1S/C11H20N2O2/c1-11(2,3)15-10(14)13-7-4-5-9(13)8(12)6-7/h7-9H,4-6,12H2,1-3H3/t7-,8-,9+/m0/s1. The predicted molar refractivity (Wildman–Crippen MR) is 57.5 cm³/mol. The van der Waals surface area contributed by atoms with Crippen LogP contribution in [0, 0.1) is 0 Å². The lowest BCUT2D eigenvalue weighted by atomic mass is 9.97. The van der Waals surface area contributed by atoms with Crippen LogP contribution >= 0.6 is 0 Å². The summed E-state index contributed by atoms with van der Waals surface area (Å²) in [6, 6.07) is 0.681. The first-order valence-corrected chi connectivity index (χ1v) is 5.65.